The summed E-state index contributed by atoms with van der Waals surface area (Å²) in [6.45, 7) is 0. The molecule has 1 aliphatic heterocycles. The van der Waals surface area contributed by atoms with Gasteiger partial charge >= 0.3 is 0 Å². The van der Waals surface area contributed by atoms with E-state index >= 15 is 0 Å². The summed E-state index contributed by atoms with van der Waals surface area (Å²) in [5, 5.41) is 12.2. The van der Waals surface area contributed by atoms with Gasteiger partial charge in [0, 0.05) is 0 Å². The van der Waals surface area contributed by atoms with E-state index in [9.17, 15) is 0 Å². The number of nitrogens with zero attached hydrogens (tertiary/aromatic N) is 4. The SMILES string of the molecule is C1=NN=NC1c1nc2ccccc2s1. The van der Waals surface area contributed by atoms with E-state index in [0.29, 0.717) is 0 Å². The summed E-state index contributed by atoms with van der Waals surface area (Å²) >= 11 is 1.64. The maximum atomic E-state index is 4.47. The van der Waals surface area contributed by atoms with Crippen molar-refractivity contribution in [1.82, 2.24) is 4.98 Å². The molecule has 0 radical (unpaired) electrons. The van der Waals surface area contributed by atoms with Crippen LogP contribution >= 0.6 is 11.3 Å². The molecule has 0 aliphatic carbocycles. The van der Waals surface area contributed by atoms with Gasteiger partial charge in [-0.15, -0.1) is 16.4 Å². The Labute approximate surface area is 84.0 Å². The minimum Gasteiger partial charge on any atom is -0.238 e. The van der Waals surface area contributed by atoms with Crippen LogP contribution < -0.4 is 0 Å². The van der Waals surface area contributed by atoms with Crippen LogP contribution in [0.3, 0.4) is 0 Å². The third kappa shape index (κ3) is 1.13. The first-order valence-electron chi connectivity index (χ1n) is 4.22. The fourth-order valence-corrected chi connectivity index (χ4v) is 2.30. The van der Waals surface area contributed by atoms with Gasteiger partial charge in [-0.05, 0) is 17.4 Å². The van der Waals surface area contributed by atoms with E-state index in [2.05, 4.69) is 26.5 Å². The van der Waals surface area contributed by atoms with E-state index in [1.165, 1.54) is 4.70 Å². The summed E-state index contributed by atoms with van der Waals surface area (Å²) in [4.78, 5) is 4.47. The number of para-hydroxylation sites is 1. The molecule has 0 saturated carbocycles. The average molecular weight is 202 g/mol. The quantitative estimate of drug-likeness (QED) is 0.701. The van der Waals surface area contributed by atoms with Gasteiger partial charge in [-0.2, -0.15) is 5.11 Å². The summed E-state index contributed by atoms with van der Waals surface area (Å²) < 4.78 is 1.18. The third-order valence-electron chi connectivity index (χ3n) is 2.00. The molecule has 1 unspecified atom stereocenters. The van der Waals surface area contributed by atoms with E-state index < -0.39 is 0 Å². The molecule has 0 saturated heterocycles. The Morgan fingerprint density at radius 1 is 1.21 bits per heavy atom. The minimum atomic E-state index is -0.0765. The van der Waals surface area contributed by atoms with Crippen molar-refractivity contribution in [2.75, 3.05) is 0 Å². The summed E-state index contributed by atoms with van der Waals surface area (Å²) in [5.74, 6) is 0. The Hall–Kier alpha value is -1.62. The van der Waals surface area contributed by atoms with Gasteiger partial charge in [0.25, 0.3) is 0 Å². The number of thiazole rings is 1. The molecule has 5 heteroatoms. The molecule has 0 fully saturated rings. The number of aromatic nitrogens is 1. The molecule has 0 N–H and O–H groups in total. The normalized spacial score (nSPS) is 19.6. The van der Waals surface area contributed by atoms with E-state index in [1.54, 1.807) is 17.6 Å². The van der Waals surface area contributed by atoms with Crippen molar-refractivity contribution in [1.29, 1.82) is 0 Å². The Morgan fingerprint density at radius 3 is 2.93 bits per heavy atom. The molecule has 3 rings (SSSR count). The van der Waals surface area contributed by atoms with Crippen LogP contribution in [0.15, 0.2) is 39.7 Å². The zero-order chi connectivity index (χ0) is 9.38. The highest BCUT2D eigenvalue weighted by atomic mass is 32.1. The predicted octanol–water partition coefficient (Wildman–Crippen LogP) is 2.79. The van der Waals surface area contributed by atoms with Gasteiger partial charge in [-0.3, -0.25) is 0 Å². The number of hydrogen-bond donors (Lipinski definition) is 0. The van der Waals surface area contributed by atoms with Gasteiger partial charge in [0.05, 0.1) is 16.4 Å². The Kier molecular flexibility index (Phi) is 1.63. The monoisotopic (exact) mass is 202 g/mol. The van der Waals surface area contributed by atoms with Crippen LogP contribution in [0.2, 0.25) is 0 Å². The molecule has 0 bridgehead atoms. The van der Waals surface area contributed by atoms with Gasteiger partial charge < -0.3 is 0 Å². The van der Waals surface area contributed by atoms with Crippen molar-refractivity contribution in [3.05, 3.63) is 29.3 Å². The molecule has 0 spiro atoms. The van der Waals surface area contributed by atoms with Crippen molar-refractivity contribution in [2.45, 2.75) is 6.04 Å². The Balaban J connectivity index is 2.14. The van der Waals surface area contributed by atoms with E-state index in [-0.39, 0.29) is 6.04 Å². The van der Waals surface area contributed by atoms with Crippen molar-refractivity contribution < 1.29 is 0 Å². The van der Waals surface area contributed by atoms with Gasteiger partial charge in [0.1, 0.15) is 5.01 Å². The van der Waals surface area contributed by atoms with Gasteiger partial charge in [0.2, 0.25) is 0 Å². The van der Waals surface area contributed by atoms with Gasteiger partial charge in [-0.1, -0.05) is 12.1 Å². The Bertz CT molecular complexity index is 483. The highest BCUT2D eigenvalue weighted by molar-refractivity contribution is 7.18. The Morgan fingerprint density at radius 2 is 2.14 bits per heavy atom. The van der Waals surface area contributed by atoms with E-state index in [1.807, 2.05) is 18.2 Å². The third-order valence-corrected chi connectivity index (χ3v) is 3.11. The summed E-state index contributed by atoms with van der Waals surface area (Å²) in [7, 11) is 0. The zero-order valence-corrected chi connectivity index (χ0v) is 7.98. The summed E-state index contributed by atoms with van der Waals surface area (Å²) in [5.41, 5.74) is 1.02. The number of benzene rings is 1. The van der Waals surface area contributed by atoms with Crippen molar-refractivity contribution in [3.8, 4) is 0 Å². The smallest absolute Gasteiger partial charge is 0.161 e. The van der Waals surface area contributed by atoms with E-state index in [0.717, 1.165) is 10.5 Å². The standard InChI is InChI=1S/C9H6N4S/c1-2-4-8-6(3-1)11-9(14-8)7-5-10-13-12-7/h1-5,7H. The summed E-state index contributed by atoms with van der Waals surface area (Å²) in [6, 6.07) is 7.97. The summed E-state index contributed by atoms with van der Waals surface area (Å²) in [6.07, 6.45) is 1.71. The fourth-order valence-electron chi connectivity index (χ4n) is 1.34. The predicted molar refractivity (Wildman–Crippen MR) is 55.7 cm³/mol. The zero-order valence-electron chi connectivity index (χ0n) is 7.16. The molecule has 1 aromatic heterocycles. The lowest BCUT2D eigenvalue weighted by Crippen LogP contribution is -1.90. The van der Waals surface area contributed by atoms with Crippen LogP contribution in [0.5, 0.6) is 0 Å². The molecular formula is C9H6N4S. The van der Waals surface area contributed by atoms with Gasteiger partial charge in [0.15, 0.2) is 6.04 Å². The average Bonchev–Trinajstić information content (AvgIpc) is 2.86. The van der Waals surface area contributed by atoms with Crippen molar-refractivity contribution in [2.24, 2.45) is 15.4 Å². The highest BCUT2D eigenvalue weighted by Gasteiger charge is 2.15. The molecule has 2 heterocycles. The van der Waals surface area contributed by atoms with Crippen molar-refractivity contribution >= 4 is 27.8 Å². The van der Waals surface area contributed by atoms with Crippen LogP contribution in [-0.2, 0) is 0 Å². The lowest BCUT2D eigenvalue weighted by molar-refractivity contribution is 0.899. The number of fused-ring (bicyclic) bond motifs is 1. The number of rotatable bonds is 1. The molecule has 0 amide bonds. The highest BCUT2D eigenvalue weighted by Crippen LogP contribution is 2.28. The molecular weight excluding hydrogens is 196 g/mol. The van der Waals surface area contributed by atoms with E-state index in [4.69, 9.17) is 0 Å². The minimum absolute atomic E-state index is 0.0765. The number of hydrogen-bond acceptors (Lipinski definition) is 5. The van der Waals surface area contributed by atoms with Crippen LogP contribution in [0.4, 0.5) is 0 Å². The molecule has 1 atom stereocenters. The first kappa shape index (κ1) is 7.75. The maximum Gasteiger partial charge on any atom is 0.161 e. The lowest BCUT2D eigenvalue weighted by atomic mass is 10.3. The molecule has 68 valence electrons. The second-order valence-corrected chi connectivity index (χ2v) is 4.00. The van der Waals surface area contributed by atoms with Gasteiger partial charge in [-0.25, -0.2) is 4.98 Å². The maximum absolute atomic E-state index is 4.47. The first-order chi connectivity index (χ1) is 6.93. The van der Waals surface area contributed by atoms with Crippen LogP contribution in [-0.4, -0.2) is 11.2 Å². The van der Waals surface area contributed by atoms with Crippen LogP contribution in [0.25, 0.3) is 10.2 Å². The fraction of sp³-hybridized carbons (Fsp3) is 0.111. The molecule has 4 nitrogen and oxygen atoms in total. The van der Waals surface area contributed by atoms with Crippen LogP contribution in [0, 0.1) is 0 Å². The van der Waals surface area contributed by atoms with Crippen LogP contribution in [0.1, 0.15) is 11.0 Å². The topological polar surface area (TPSA) is 50.0 Å². The molecule has 1 aromatic carbocycles. The van der Waals surface area contributed by atoms with Crippen molar-refractivity contribution in [3.63, 3.8) is 0 Å². The second kappa shape index (κ2) is 2.95. The second-order valence-electron chi connectivity index (χ2n) is 2.93. The first-order valence-corrected chi connectivity index (χ1v) is 5.04. The molecule has 14 heavy (non-hydrogen) atoms. The molecule has 1 aliphatic rings. The largest absolute Gasteiger partial charge is 0.238 e. The molecule has 2 aromatic rings. The lowest BCUT2D eigenvalue weighted by Gasteiger charge is -1.91.